The minimum Gasteiger partial charge on any atom is -0.462 e. The van der Waals surface area contributed by atoms with Gasteiger partial charge in [-0.2, -0.15) is 0 Å². The molecule has 3 atom stereocenters. The fourth-order valence-corrected chi connectivity index (χ4v) is 2.83. The molecular formula is C12H18O2. The van der Waals surface area contributed by atoms with Crippen molar-refractivity contribution in [2.45, 2.75) is 46.1 Å². The van der Waals surface area contributed by atoms with Gasteiger partial charge in [-0.1, -0.05) is 18.6 Å². The summed E-state index contributed by atoms with van der Waals surface area (Å²) in [5.74, 6) is 0.370. The first-order valence-electron chi connectivity index (χ1n) is 5.43. The standard InChI is InChI=1S/C12H18O2/c1-8-4-5-12(9(2)6-8)7-10(3)14-11(12)13/h6,9-10H,4-5,7H2,1-3H3. The normalized spacial score (nSPS) is 42.5. The van der Waals surface area contributed by atoms with Crippen LogP contribution in [0.5, 0.6) is 0 Å². The summed E-state index contributed by atoms with van der Waals surface area (Å²) < 4.78 is 5.29. The number of allylic oxidation sites excluding steroid dienone is 2. The van der Waals surface area contributed by atoms with E-state index in [0.717, 1.165) is 19.3 Å². The highest BCUT2D eigenvalue weighted by Crippen LogP contribution is 2.48. The molecule has 0 saturated carbocycles. The first-order valence-corrected chi connectivity index (χ1v) is 5.43. The third kappa shape index (κ3) is 1.28. The number of carbonyl (C=O) groups excluding carboxylic acids is 1. The van der Waals surface area contributed by atoms with Crippen molar-refractivity contribution >= 4 is 5.97 Å². The highest BCUT2D eigenvalue weighted by molar-refractivity contribution is 5.80. The lowest BCUT2D eigenvalue weighted by Gasteiger charge is -2.33. The summed E-state index contributed by atoms with van der Waals surface area (Å²) in [6, 6.07) is 0. The molecular weight excluding hydrogens is 176 g/mol. The lowest BCUT2D eigenvalue weighted by atomic mass is 9.67. The van der Waals surface area contributed by atoms with Gasteiger partial charge in [0.2, 0.25) is 0 Å². The Morgan fingerprint density at radius 2 is 2.21 bits per heavy atom. The van der Waals surface area contributed by atoms with Crippen molar-refractivity contribution in [1.82, 2.24) is 0 Å². The van der Waals surface area contributed by atoms with Gasteiger partial charge in [-0.3, -0.25) is 4.79 Å². The van der Waals surface area contributed by atoms with Crippen LogP contribution >= 0.6 is 0 Å². The van der Waals surface area contributed by atoms with Crippen LogP contribution in [0.1, 0.15) is 40.0 Å². The van der Waals surface area contributed by atoms with Crippen LogP contribution in [0.4, 0.5) is 0 Å². The van der Waals surface area contributed by atoms with Crippen LogP contribution in [0.25, 0.3) is 0 Å². The molecule has 3 unspecified atom stereocenters. The summed E-state index contributed by atoms with van der Waals surface area (Å²) in [6.07, 6.45) is 5.27. The SMILES string of the molecule is CC1=CC(C)C2(CC1)CC(C)OC2=O. The van der Waals surface area contributed by atoms with E-state index in [9.17, 15) is 4.79 Å². The van der Waals surface area contributed by atoms with Crippen LogP contribution in [0.15, 0.2) is 11.6 Å². The summed E-state index contributed by atoms with van der Waals surface area (Å²) >= 11 is 0. The van der Waals surface area contributed by atoms with Crippen LogP contribution < -0.4 is 0 Å². The Morgan fingerprint density at radius 3 is 2.71 bits per heavy atom. The number of carbonyl (C=O) groups is 1. The largest absolute Gasteiger partial charge is 0.462 e. The van der Waals surface area contributed by atoms with Crippen LogP contribution in [0, 0.1) is 11.3 Å². The third-order valence-corrected chi connectivity index (χ3v) is 3.74. The maximum Gasteiger partial charge on any atom is 0.313 e. The van der Waals surface area contributed by atoms with E-state index in [2.05, 4.69) is 19.9 Å². The topological polar surface area (TPSA) is 26.3 Å². The Morgan fingerprint density at radius 1 is 1.50 bits per heavy atom. The molecule has 2 heteroatoms. The van der Waals surface area contributed by atoms with Crippen molar-refractivity contribution in [3.05, 3.63) is 11.6 Å². The molecule has 2 aliphatic rings. The third-order valence-electron chi connectivity index (χ3n) is 3.74. The summed E-state index contributed by atoms with van der Waals surface area (Å²) in [4.78, 5) is 11.8. The quantitative estimate of drug-likeness (QED) is 0.438. The van der Waals surface area contributed by atoms with E-state index in [1.165, 1.54) is 5.57 Å². The van der Waals surface area contributed by atoms with Crippen molar-refractivity contribution in [3.8, 4) is 0 Å². The molecule has 0 amide bonds. The second-order valence-electron chi connectivity index (χ2n) is 4.88. The van der Waals surface area contributed by atoms with E-state index >= 15 is 0 Å². The Hall–Kier alpha value is -0.790. The highest BCUT2D eigenvalue weighted by Gasteiger charge is 2.51. The highest BCUT2D eigenvalue weighted by atomic mass is 16.6. The Bertz CT molecular complexity index is 293. The summed E-state index contributed by atoms with van der Waals surface area (Å²) in [5, 5.41) is 0. The zero-order chi connectivity index (χ0) is 10.3. The maximum atomic E-state index is 11.8. The average molecular weight is 194 g/mol. The molecule has 2 nitrogen and oxygen atoms in total. The second kappa shape index (κ2) is 3.11. The number of hydrogen-bond acceptors (Lipinski definition) is 2. The van der Waals surface area contributed by atoms with Crippen LogP contribution in [-0.2, 0) is 9.53 Å². The molecule has 1 aliphatic carbocycles. The predicted octanol–water partition coefficient (Wildman–Crippen LogP) is 2.68. The van der Waals surface area contributed by atoms with Crippen LogP contribution in [0.2, 0.25) is 0 Å². The predicted molar refractivity (Wildman–Crippen MR) is 54.8 cm³/mol. The smallest absolute Gasteiger partial charge is 0.313 e. The summed E-state index contributed by atoms with van der Waals surface area (Å²) in [5.41, 5.74) is 1.22. The monoisotopic (exact) mass is 194 g/mol. The number of cyclic esters (lactones) is 1. The first-order chi connectivity index (χ1) is 6.54. The molecule has 78 valence electrons. The van der Waals surface area contributed by atoms with E-state index in [4.69, 9.17) is 4.74 Å². The lowest BCUT2D eigenvalue weighted by molar-refractivity contribution is -0.150. The van der Waals surface area contributed by atoms with E-state index < -0.39 is 0 Å². The fraction of sp³-hybridized carbons (Fsp3) is 0.750. The number of esters is 1. The van der Waals surface area contributed by atoms with Crippen molar-refractivity contribution < 1.29 is 9.53 Å². The van der Waals surface area contributed by atoms with Gasteiger partial charge in [-0.25, -0.2) is 0 Å². The fourth-order valence-electron chi connectivity index (χ4n) is 2.83. The van der Waals surface area contributed by atoms with E-state index in [-0.39, 0.29) is 17.5 Å². The van der Waals surface area contributed by atoms with Gasteiger partial charge >= 0.3 is 5.97 Å². The van der Waals surface area contributed by atoms with Crippen molar-refractivity contribution in [2.24, 2.45) is 11.3 Å². The van der Waals surface area contributed by atoms with E-state index in [0.29, 0.717) is 5.92 Å². The van der Waals surface area contributed by atoms with Gasteiger partial charge in [-0.15, -0.1) is 0 Å². The zero-order valence-corrected chi connectivity index (χ0v) is 9.17. The van der Waals surface area contributed by atoms with Gasteiger partial charge in [0.25, 0.3) is 0 Å². The average Bonchev–Trinajstić information content (AvgIpc) is 2.37. The number of ether oxygens (including phenoxy) is 1. The summed E-state index contributed by atoms with van der Waals surface area (Å²) in [7, 11) is 0. The Kier molecular flexibility index (Phi) is 2.17. The van der Waals surface area contributed by atoms with Crippen LogP contribution in [0.3, 0.4) is 0 Å². The zero-order valence-electron chi connectivity index (χ0n) is 9.17. The van der Waals surface area contributed by atoms with E-state index in [1.807, 2.05) is 6.92 Å². The van der Waals surface area contributed by atoms with Gasteiger partial charge in [0.15, 0.2) is 0 Å². The van der Waals surface area contributed by atoms with Gasteiger partial charge in [0.05, 0.1) is 5.41 Å². The molecule has 1 aliphatic heterocycles. The summed E-state index contributed by atoms with van der Waals surface area (Å²) in [6.45, 7) is 6.28. The van der Waals surface area contributed by atoms with Crippen LogP contribution in [-0.4, -0.2) is 12.1 Å². The maximum absolute atomic E-state index is 11.8. The molecule has 14 heavy (non-hydrogen) atoms. The minimum absolute atomic E-state index is 0.0289. The molecule has 0 bridgehead atoms. The van der Waals surface area contributed by atoms with E-state index in [1.54, 1.807) is 0 Å². The van der Waals surface area contributed by atoms with Gasteiger partial charge in [0.1, 0.15) is 6.10 Å². The van der Waals surface area contributed by atoms with Crippen molar-refractivity contribution in [2.75, 3.05) is 0 Å². The first kappa shape index (κ1) is 9.75. The van der Waals surface area contributed by atoms with Gasteiger partial charge < -0.3 is 4.74 Å². The molecule has 0 aromatic rings. The second-order valence-corrected chi connectivity index (χ2v) is 4.88. The van der Waals surface area contributed by atoms with Gasteiger partial charge in [0, 0.05) is 6.42 Å². The molecule has 0 aromatic carbocycles. The Balaban J connectivity index is 2.29. The molecule has 1 heterocycles. The Labute approximate surface area is 85.3 Å². The molecule has 0 N–H and O–H groups in total. The van der Waals surface area contributed by atoms with Crippen molar-refractivity contribution in [1.29, 1.82) is 0 Å². The minimum atomic E-state index is -0.196. The molecule has 2 rings (SSSR count). The molecule has 1 spiro atoms. The number of hydrogen-bond donors (Lipinski definition) is 0. The van der Waals surface area contributed by atoms with Crippen molar-refractivity contribution in [3.63, 3.8) is 0 Å². The number of rotatable bonds is 0. The molecule has 1 saturated heterocycles. The molecule has 0 aromatic heterocycles. The van der Waals surface area contributed by atoms with Gasteiger partial charge in [-0.05, 0) is 32.6 Å². The molecule has 1 fully saturated rings. The lowest BCUT2D eigenvalue weighted by Crippen LogP contribution is -2.35. The molecule has 0 radical (unpaired) electrons.